The van der Waals surface area contributed by atoms with Crippen LogP contribution >= 0.6 is 0 Å². The van der Waals surface area contributed by atoms with Crippen molar-refractivity contribution in [1.29, 1.82) is 0 Å². The van der Waals surface area contributed by atoms with Gasteiger partial charge in [-0.05, 0) is 30.3 Å². The highest BCUT2D eigenvalue weighted by Crippen LogP contribution is 2.30. The van der Waals surface area contributed by atoms with Crippen LogP contribution in [0.25, 0.3) is 11.1 Å². The SMILES string of the molecule is COCC(=O)N1CCN(c2ccc(-c3ccc(N4C[C@@H](N(C)C(C)=O)OC4=O)cc3F)cn2)CC1. The molecule has 1 aromatic heterocycles. The zero-order chi connectivity index (χ0) is 25.1. The van der Waals surface area contributed by atoms with E-state index in [4.69, 9.17) is 9.47 Å². The molecule has 35 heavy (non-hydrogen) atoms. The number of carbonyl (C=O) groups is 3. The smallest absolute Gasteiger partial charge is 0.416 e. The van der Waals surface area contributed by atoms with E-state index in [1.54, 1.807) is 36.3 Å². The van der Waals surface area contributed by atoms with Gasteiger partial charge in [0.05, 0.1) is 12.2 Å². The first-order valence-corrected chi connectivity index (χ1v) is 11.3. The lowest BCUT2D eigenvalue weighted by Crippen LogP contribution is -2.49. The van der Waals surface area contributed by atoms with Crippen LogP contribution in [-0.2, 0) is 19.1 Å². The zero-order valence-corrected chi connectivity index (χ0v) is 19.9. The van der Waals surface area contributed by atoms with Crippen molar-refractivity contribution in [3.8, 4) is 11.1 Å². The average Bonchev–Trinajstić information content (AvgIpc) is 3.25. The van der Waals surface area contributed by atoms with Gasteiger partial charge in [-0.2, -0.15) is 0 Å². The van der Waals surface area contributed by atoms with Crippen molar-refractivity contribution in [2.75, 3.05) is 63.3 Å². The molecule has 0 spiro atoms. The summed E-state index contributed by atoms with van der Waals surface area (Å²) < 4.78 is 25.2. The van der Waals surface area contributed by atoms with Crippen molar-refractivity contribution < 1.29 is 28.2 Å². The third-order valence-corrected chi connectivity index (χ3v) is 6.27. The standard InChI is InChI=1S/C24H28FN5O5/c1-16(31)27(2)23-14-30(24(33)35-23)18-5-6-19(20(25)12-18)17-4-7-21(26-13-17)28-8-10-29(11-9-28)22(32)15-34-3/h4-7,12-13,23H,8-11,14-15H2,1-3H3/t23-/m0/s1. The maximum atomic E-state index is 15.0. The molecule has 186 valence electrons. The molecule has 4 rings (SSSR count). The zero-order valence-electron chi connectivity index (χ0n) is 19.9. The van der Waals surface area contributed by atoms with Gasteiger partial charge in [0.25, 0.3) is 0 Å². The van der Waals surface area contributed by atoms with Gasteiger partial charge in [0.2, 0.25) is 11.8 Å². The minimum absolute atomic E-state index is 0.0297. The Morgan fingerprint density at radius 1 is 1.20 bits per heavy atom. The minimum atomic E-state index is -0.723. The predicted molar refractivity (Wildman–Crippen MR) is 126 cm³/mol. The van der Waals surface area contributed by atoms with Gasteiger partial charge in [0, 0.05) is 64.6 Å². The summed E-state index contributed by atoms with van der Waals surface area (Å²) in [5, 5.41) is 0. The Hall–Kier alpha value is -3.73. The number of anilines is 2. The first kappa shape index (κ1) is 24.4. The van der Waals surface area contributed by atoms with Crippen molar-refractivity contribution >= 4 is 29.4 Å². The van der Waals surface area contributed by atoms with Crippen LogP contribution in [0, 0.1) is 5.82 Å². The monoisotopic (exact) mass is 485 g/mol. The minimum Gasteiger partial charge on any atom is -0.423 e. The Morgan fingerprint density at radius 3 is 2.54 bits per heavy atom. The summed E-state index contributed by atoms with van der Waals surface area (Å²) in [6.45, 7) is 4.05. The molecule has 2 aliphatic rings. The van der Waals surface area contributed by atoms with E-state index in [1.165, 1.54) is 29.9 Å². The number of amides is 3. The number of halogens is 1. The Labute approximate surface area is 202 Å². The molecule has 1 atom stereocenters. The molecule has 3 heterocycles. The molecule has 2 saturated heterocycles. The topological polar surface area (TPSA) is 95.5 Å². The third kappa shape index (κ3) is 5.19. The summed E-state index contributed by atoms with van der Waals surface area (Å²) in [5.74, 6) is -0.00916. The predicted octanol–water partition coefficient (Wildman–Crippen LogP) is 1.94. The lowest BCUT2D eigenvalue weighted by molar-refractivity contribution is -0.135. The van der Waals surface area contributed by atoms with Gasteiger partial charge in [0.15, 0.2) is 6.23 Å². The number of methoxy groups -OCH3 is 1. The fraction of sp³-hybridized carbons (Fsp3) is 0.417. The van der Waals surface area contributed by atoms with E-state index in [2.05, 4.69) is 9.88 Å². The van der Waals surface area contributed by atoms with Crippen molar-refractivity contribution in [1.82, 2.24) is 14.8 Å². The maximum absolute atomic E-state index is 15.0. The fourth-order valence-corrected chi connectivity index (χ4v) is 4.10. The molecule has 0 N–H and O–H groups in total. The fourth-order valence-electron chi connectivity index (χ4n) is 4.10. The van der Waals surface area contributed by atoms with Crippen LogP contribution in [0.5, 0.6) is 0 Å². The molecule has 2 aromatic rings. The normalized spacial score (nSPS) is 18.0. The van der Waals surface area contributed by atoms with Gasteiger partial charge in [-0.15, -0.1) is 0 Å². The van der Waals surface area contributed by atoms with E-state index in [0.717, 1.165) is 5.82 Å². The lowest BCUT2D eigenvalue weighted by Gasteiger charge is -2.35. The number of benzene rings is 1. The van der Waals surface area contributed by atoms with Gasteiger partial charge in [-0.3, -0.25) is 14.5 Å². The number of nitrogens with zero attached hydrogens (tertiary/aromatic N) is 5. The van der Waals surface area contributed by atoms with E-state index in [9.17, 15) is 14.4 Å². The van der Waals surface area contributed by atoms with Crippen molar-refractivity contribution in [2.24, 2.45) is 0 Å². The summed E-state index contributed by atoms with van der Waals surface area (Å²) in [6.07, 6.45) is 0.252. The number of aromatic nitrogens is 1. The summed E-state index contributed by atoms with van der Waals surface area (Å²) in [6, 6.07) is 8.13. The van der Waals surface area contributed by atoms with Crippen LogP contribution in [0.3, 0.4) is 0 Å². The largest absolute Gasteiger partial charge is 0.423 e. The highest BCUT2D eigenvalue weighted by molar-refractivity contribution is 5.90. The first-order valence-electron chi connectivity index (χ1n) is 11.3. The molecule has 0 unspecified atom stereocenters. The summed E-state index contributed by atoms with van der Waals surface area (Å²) in [4.78, 5) is 46.7. The van der Waals surface area contributed by atoms with Crippen LogP contribution in [-0.4, -0.2) is 92.4 Å². The lowest BCUT2D eigenvalue weighted by atomic mass is 10.1. The molecule has 2 fully saturated rings. The Kier molecular flexibility index (Phi) is 7.15. The van der Waals surface area contributed by atoms with Crippen LogP contribution in [0.4, 0.5) is 20.7 Å². The number of cyclic esters (lactones) is 1. The van der Waals surface area contributed by atoms with E-state index in [-0.39, 0.29) is 25.0 Å². The highest BCUT2D eigenvalue weighted by Gasteiger charge is 2.36. The van der Waals surface area contributed by atoms with E-state index >= 15 is 4.39 Å². The Bertz CT molecular complexity index is 1100. The molecule has 10 nitrogen and oxygen atoms in total. The molecule has 1 aromatic carbocycles. The van der Waals surface area contributed by atoms with E-state index in [0.29, 0.717) is 43.0 Å². The van der Waals surface area contributed by atoms with Crippen LogP contribution in [0.2, 0.25) is 0 Å². The molecule has 0 bridgehead atoms. The Balaban J connectivity index is 1.42. The van der Waals surface area contributed by atoms with Crippen molar-refractivity contribution in [3.63, 3.8) is 0 Å². The van der Waals surface area contributed by atoms with E-state index in [1.807, 2.05) is 6.07 Å². The molecule has 0 aliphatic carbocycles. The second-order valence-electron chi connectivity index (χ2n) is 8.45. The van der Waals surface area contributed by atoms with Crippen molar-refractivity contribution in [3.05, 3.63) is 42.3 Å². The average molecular weight is 486 g/mol. The van der Waals surface area contributed by atoms with Gasteiger partial charge in [0.1, 0.15) is 18.2 Å². The number of carbonyl (C=O) groups excluding carboxylic acids is 3. The van der Waals surface area contributed by atoms with E-state index < -0.39 is 18.1 Å². The quantitative estimate of drug-likeness (QED) is 0.617. The first-order chi connectivity index (χ1) is 16.8. The molecule has 0 radical (unpaired) electrons. The number of piperazine rings is 1. The number of hydrogen-bond donors (Lipinski definition) is 0. The number of hydrogen-bond acceptors (Lipinski definition) is 7. The second kappa shape index (κ2) is 10.3. The molecule has 0 saturated carbocycles. The van der Waals surface area contributed by atoms with Crippen LogP contribution < -0.4 is 9.80 Å². The number of rotatable bonds is 6. The molecule has 3 amide bonds. The van der Waals surface area contributed by atoms with Crippen LogP contribution in [0.15, 0.2) is 36.5 Å². The van der Waals surface area contributed by atoms with Gasteiger partial charge >= 0.3 is 6.09 Å². The van der Waals surface area contributed by atoms with Gasteiger partial charge in [-0.25, -0.2) is 14.2 Å². The summed E-state index contributed by atoms with van der Waals surface area (Å²) >= 11 is 0. The van der Waals surface area contributed by atoms with Gasteiger partial charge in [-0.1, -0.05) is 0 Å². The van der Waals surface area contributed by atoms with Crippen LogP contribution in [0.1, 0.15) is 6.92 Å². The molecule has 11 heteroatoms. The Morgan fingerprint density at radius 2 is 1.94 bits per heavy atom. The maximum Gasteiger partial charge on any atom is 0.416 e. The van der Waals surface area contributed by atoms with Gasteiger partial charge < -0.3 is 24.2 Å². The number of likely N-dealkylation sites (N-methyl/N-ethyl adjacent to an activating group) is 1. The molecular formula is C24H28FN5O5. The summed E-state index contributed by atoms with van der Waals surface area (Å²) in [5.41, 5.74) is 1.30. The molecule has 2 aliphatic heterocycles. The highest BCUT2D eigenvalue weighted by atomic mass is 19.1. The summed E-state index contributed by atoms with van der Waals surface area (Å²) in [7, 11) is 3.05. The number of pyridine rings is 1. The number of ether oxygens (including phenoxy) is 2. The second-order valence-corrected chi connectivity index (χ2v) is 8.45. The van der Waals surface area contributed by atoms with Crippen molar-refractivity contribution in [2.45, 2.75) is 13.2 Å². The third-order valence-electron chi connectivity index (χ3n) is 6.27. The molecular weight excluding hydrogens is 457 g/mol.